The highest BCUT2D eigenvalue weighted by Gasteiger charge is 2.41. The third-order valence-corrected chi connectivity index (χ3v) is 6.05. The molecule has 158 valence electrons. The number of hydrogen-bond donors (Lipinski definition) is 3. The number of rotatable bonds is 5. The molecule has 0 unspecified atom stereocenters. The molecule has 2 heterocycles. The van der Waals surface area contributed by atoms with Crippen LogP contribution in [0.2, 0.25) is 0 Å². The van der Waals surface area contributed by atoms with Crippen LogP contribution in [0.5, 0.6) is 0 Å². The summed E-state index contributed by atoms with van der Waals surface area (Å²) in [5.74, 6) is 0.445. The number of carbonyl (C=O) groups excluding carboxylic acids is 1. The van der Waals surface area contributed by atoms with Gasteiger partial charge in [-0.1, -0.05) is 29.8 Å². The minimum absolute atomic E-state index is 0.169. The molecule has 1 fully saturated rings. The molecule has 1 aliphatic heterocycles. The lowest BCUT2D eigenvalue weighted by molar-refractivity contribution is -0.0821. The fraction of sp³-hybridized carbons (Fsp3) is 0.292. The topological polar surface area (TPSA) is 91.9 Å². The Kier molecular flexibility index (Phi) is 4.82. The second-order valence-electron chi connectivity index (χ2n) is 8.41. The molecule has 2 aliphatic rings. The molecule has 31 heavy (non-hydrogen) atoms. The van der Waals surface area contributed by atoms with Gasteiger partial charge in [0.1, 0.15) is 17.8 Å². The summed E-state index contributed by atoms with van der Waals surface area (Å²) in [6.07, 6.45) is 6.79. The number of amides is 1. The van der Waals surface area contributed by atoms with E-state index in [0.717, 1.165) is 35.2 Å². The standard InChI is InChI=1S/C24H25N5O2/c1-15-4-6-17(7-5-15)18-10-19(21-13-24(31-29-21)8-3-9-24)12-20(11-18)23(30)27-16(2)22-25-14-26-28-22/h4-7,10-14,16,29H,3,8-9H2,1-2H3,(H,27,30)(H,25,26,28)/t16-/m0/s1. The fourth-order valence-electron chi connectivity index (χ4n) is 3.99. The van der Waals surface area contributed by atoms with E-state index >= 15 is 0 Å². The largest absolute Gasteiger partial charge is 0.342 e. The van der Waals surface area contributed by atoms with E-state index in [-0.39, 0.29) is 17.6 Å². The van der Waals surface area contributed by atoms with E-state index in [4.69, 9.17) is 4.84 Å². The third kappa shape index (κ3) is 3.84. The molecule has 0 radical (unpaired) electrons. The summed E-state index contributed by atoms with van der Waals surface area (Å²) in [5.41, 5.74) is 8.54. The summed E-state index contributed by atoms with van der Waals surface area (Å²) >= 11 is 0. The average molecular weight is 415 g/mol. The Morgan fingerprint density at radius 1 is 1.13 bits per heavy atom. The van der Waals surface area contributed by atoms with Crippen molar-refractivity contribution in [1.82, 2.24) is 26.0 Å². The predicted octanol–water partition coefficient (Wildman–Crippen LogP) is 4.07. The number of aromatic nitrogens is 3. The number of aromatic amines is 1. The van der Waals surface area contributed by atoms with Gasteiger partial charge in [0.25, 0.3) is 5.91 Å². The van der Waals surface area contributed by atoms with Crippen LogP contribution >= 0.6 is 0 Å². The first-order valence-corrected chi connectivity index (χ1v) is 10.6. The average Bonchev–Trinajstić information content (AvgIpc) is 3.44. The Labute approximate surface area is 180 Å². The van der Waals surface area contributed by atoms with Gasteiger partial charge in [-0.3, -0.25) is 20.2 Å². The lowest BCUT2D eigenvalue weighted by Crippen LogP contribution is -2.36. The van der Waals surface area contributed by atoms with Crippen LogP contribution in [-0.4, -0.2) is 26.7 Å². The number of nitrogens with one attached hydrogen (secondary N) is 3. The van der Waals surface area contributed by atoms with Crippen molar-refractivity contribution < 1.29 is 9.63 Å². The van der Waals surface area contributed by atoms with E-state index in [1.807, 2.05) is 19.1 Å². The zero-order chi connectivity index (χ0) is 21.4. The van der Waals surface area contributed by atoms with Crippen LogP contribution in [0.15, 0.2) is 54.9 Å². The zero-order valence-electron chi connectivity index (χ0n) is 17.6. The molecular formula is C24H25N5O2. The Hall–Kier alpha value is -3.45. The van der Waals surface area contributed by atoms with Crippen molar-refractivity contribution in [3.63, 3.8) is 0 Å². The van der Waals surface area contributed by atoms with Crippen molar-refractivity contribution >= 4 is 11.6 Å². The van der Waals surface area contributed by atoms with Crippen molar-refractivity contribution in [2.75, 3.05) is 0 Å². The van der Waals surface area contributed by atoms with Crippen LogP contribution in [0.4, 0.5) is 0 Å². The number of benzene rings is 2. The highest BCUT2D eigenvalue weighted by molar-refractivity contribution is 5.97. The van der Waals surface area contributed by atoms with Gasteiger partial charge in [-0.15, -0.1) is 0 Å². The predicted molar refractivity (Wildman–Crippen MR) is 118 cm³/mol. The molecule has 3 aromatic rings. The van der Waals surface area contributed by atoms with E-state index in [9.17, 15) is 4.79 Å². The first-order chi connectivity index (χ1) is 15.0. The monoisotopic (exact) mass is 415 g/mol. The first kappa shape index (κ1) is 19.5. The molecule has 1 atom stereocenters. The van der Waals surface area contributed by atoms with Gasteiger partial charge in [0.05, 0.1) is 11.7 Å². The summed E-state index contributed by atoms with van der Waals surface area (Å²) in [7, 11) is 0. The van der Waals surface area contributed by atoms with Gasteiger partial charge in [0, 0.05) is 11.1 Å². The maximum Gasteiger partial charge on any atom is 0.251 e. The minimum Gasteiger partial charge on any atom is -0.342 e. The summed E-state index contributed by atoms with van der Waals surface area (Å²) in [6.45, 7) is 3.94. The van der Waals surface area contributed by atoms with Crippen molar-refractivity contribution in [2.45, 2.75) is 44.8 Å². The van der Waals surface area contributed by atoms with E-state index in [0.29, 0.717) is 11.4 Å². The lowest BCUT2D eigenvalue weighted by Gasteiger charge is -2.33. The van der Waals surface area contributed by atoms with Gasteiger partial charge < -0.3 is 5.32 Å². The van der Waals surface area contributed by atoms with Crippen molar-refractivity contribution in [3.8, 4) is 11.1 Å². The highest BCUT2D eigenvalue weighted by Crippen LogP contribution is 2.42. The van der Waals surface area contributed by atoms with Crippen LogP contribution in [0, 0.1) is 6.92 Å². The summed E-state index contributed by atoms with van der Waals surface area (Å²) < 4.78 is 0. The Bertz CT molecular complexity index is 1130. The van der Waals surface area contributed by atoms with Gasteiger partial charge in [-0.2, -0.15) is 5.10 Å². The fourth-order valence-corrected chi connectivity index (χ4v) is 3.99. The quantitative estimate of drug-likeness (QED) is 0.584. The molecular weight excluding hydrogens is 390 g/mol. The Balaban J connectivity index is 1.50. The number of hydrogen-bond acceptors (Lipinski definition) is 5. The molecule has 7 nitrogen and oxygen atoms in total. The van der Waals surface area contributed by atoms with Crippen LogP contribution in [0.25, 0.3) is 16.8 Å². The highest BCUT2D eigenvalue weighted by atomic mass is 16.7. The zero-order valence-corrected chi connectivity index (χ0v) is 17.6. The third-order valence-electron chi connectivity index (χ3n) is 6.05. The first-order valence-electron chi connectivity index (χ1n) is 10.6. The summed E-state index contributed by atoms with van der Waals surface area (Å²) in [5, 5.41) is 9.66. The van der Waals surface area contributed by atoms with Crippen LogP contribution in [0.3, 0.4) is 0 Å². The molecule has 0 saturated heterocycles. The smallest absolute Gasteiger partial charge is 0.251 e. The summed E-state index contributed by atoms with van der Waals surface area (Å²) in [4.78, 5) is 23.1. The van der Waals surface area contributed by atoms with Crippen molar-refractivity contribution in [2.24, 2.45) is 0 Å². The molecule has 3 N–H and O–H groups in total. The number of carbonyl (C=O) groups is 1. The molecule has 2 aromatic carbocycles. The van der Waals surface area contributed by atoms with Gasteiger partial charge >= 0.3 is 0 Å². The molecule has 1 amide bonds. The van der Waals surface area contributed by atoms with Crippen LogP contribution < -0.4 is 10.8 Å². The second kappa shape index (κ2) is 7.67. The Morgan fingerprint density at radius 2 is 1.90 bits per heavy atom. The van der Waals surface area contributed by atoms with Gasteiger partial charge in [0.15, 0.2) is 0 Å². The number of H-pyrrole nitrogens is 1. The second-order valence-corrected chi connectivity index (χ2v) is 8.41. The molecule has 0 bridgehead atoms. The SMILES string of the molecule is Cc1ccc(-c2cc(C(=O)N[C@@H](C)c3ncn[nH]3)cc(C3=CC4(CCC4)ON3)c2)cc1. The van der Waals surface area contributed by atoms with Gasteiger partial charge in [0.2, 0.25) is 0 Å². The molecule has 1 saturated carbocycles. The number of aryl methyl sites for hydroxylation is 1. The number of hydroxylamine groups is 1. The van der Waals surface area contributed by atoms with E-state index in [1.165, 1.54) is 18.3 Å². The minimum atomic E-state index is -0.285. The van der Waals surface area contributed by atoms with E-state index in [2.05, 4.69) is 69.3 Å². The maximum absolute atomic E-state index is 13.1. The molecule has 1 aromatic heterocycles. The van der Waals surface area contributed by atoms with Crippen LogP contribution in [0.1, 0.15) is 59.5 Å². The van der Waals surface area contributed by atoms with Crippen molar-refractivity contribution in [3.05, 3.63) is 77.4 Å². The van der Waals surface area contributed by atoms with Crippen LogP contribution in [-0.2, 0) is 4.84 Å². The normalized spacial score (nSPS) is 17.5. The molecule has 5 rings (SSSR count). The van der Waals surface area contributed by atoms with E-state index in [1.54, 1.807) is 0 Å². The van der Waals surface area contributed by atoms with E-state index < -0.39 is 0 Å². The van der Waals surface area contributed by atoms with Gasteiger partial charge in [-0.05, 0) is 68.5 Å². The summed E-state index contributed by atoms with van der Waals surface area (Å²) in [6, 6.07) is 13.9. The lowest BCUT2D eigenvalue weighted by atomic mass is 9.80. The molecule has 1 spiro atoms. The Morgan fingerprint density at radius 3 is 2.55 bits per heavy atom. The number of nitrogens with zero attached hydrogens (tertiary/aromatic N) is 2. The molecule has 7 heteroatoms. The van der Waals surface area contributed by atoms with Crippen molar-refractivity contribution in [1.29, 1.82) is 0 Å². The molecule has 1 aliphatic carbocycles. The maximum atomic E-state index is 13.1. The van der Waals surface area contributed by atoms with Gasteiger partial charge in [-0.25, -0.2) is 4.98 Å².